The highest BCUT2D eigenvalue weighted by Gasteiger charge is 2.23. The van der Waals surface area contributed by atoms with E-state index < -0.39 is 0 Å². The van der Waals surface area contributed by atoms with E-state index in [1.165, 1.54) is 0 Å². The monoisotopic (exact) mass is 490 g/mol. The Labute approximate surface area is 178 Å². The fraction of sp³-hybridized carbons (Fsp3) is 0.579. The zero-order chi connectivity index (χ0) is 18.9. The lowest BCUT2D eigenvalue weighted by Crippen LogP contribution is -2.51. The number of rotatable bonds is 7. The number of hydrogen-bond acceptors (Lipinski definition) is 4. The second kappa shape index (κ2) is 11.9. The minimum absolute atomic E-state index is 0. The Hall–Kier alpha value is -1.71. The lowest BCUT2D eigenvalue weighted by Gasteiger charge is -2.31. The number of nitrogens with zero attached hydrogens (tertiary/aromatic N) is 2. The van der Waals surface area contributed by atoms with Crippen LogP contribution in [-0.2, 0) is 11.3 Å². The van der Waals surface area contributed by atoms with Crippen molar-refractivity contribution < 1.29 is 14.3 Å². The SMILES string of the molecule is CCNC(=NCc1ccc(OC)c(OCC)c1)NC1CCC(=O)N(C)C1.I. The van der Waals surface area contributed by atoms with Crippen LogP contribution in [0.1, 0.15) is 32.3 Å². The molecule has 0 spiro atoms. The minimum Gasteiger partial charge on any atom is -0.493 e. The van der Waals surface area contributed by atoms with Gasteiger partial charge in [0.2, 0.25) is 5.91 Å². The minimum atomic E-state index is 0. The summed E-state index contributed by atoms with van der Waals surface area (Å²) in [5.74, 6) is 2.41. The van der Waals surface area contributed by atoms with Gasteiger partial charge in [0, 0.05) is 32.6 Å². The van der Waals surface area contributed by atoms with Gasteiger partial charge in [-0.15, -0.1) is 24.0 Å². The number of guanidine groups is 1. The number of amides is 1. The number of likely N-dealkylation sites (tertiary alicyclic amines) is 1. The Morgan fingerprint density at radius 1 is 1.33 bits per heavy atom. The molecule has 8 heteroatoms. The van der Waals surface area contributed by atoms with Crippen molar-refractivity contribution in [2.24, 2.45) is 4.99 Å². The highest BCUT2D eigenvalue weighted by molar-refractivity contribution is 14.0. The van der Waals surface area contributed by atoms with E-state index in [0.29, 0.717) is 26.1 Å². The number of benzene rings is 1. The summed E-state index contributed by atoms with van der Waals surface area (Å²) in [7, 11) is 3.47. The van der Waals surface area contributed by atoms with Crippen molar-refractivity contribution in [1.82, 2.24) is 15.5 Å². The van der Waals surface area contributed by atoms with E-state index in [0.717, 1.165) is 36.0 Å². The normalized spacial score (nSPS) is 17.2. The maximum Gasteiger partial charge on any atom is 0.222 e. The highest BCUT2D eigenvalue weighted by atomic mass is 127. The summed E-state index contributed by atoms with van der Waals surface area (Å²) in [4.78, 5) is 18.1. The third-order valence-electron chi connectivity index (χ3n) is 4.26. The number of halogens is 1. The second-order valence-electron chi connectivity index (χ2n) is 6.27. The van der Waals surface area contributed by atoms with Crippen LogP contribution in [0, 0.1) is 0 Å². The molecule has 1 aliphatic rings. The van der Waals surface area contributed by atoms with Crippen LogP contribution in [0.15, 0.2) is 23.2 Å². The molecule has 0 aromatic heterocycles. The first-order valence-corrected chi connectivity index (χ1v) is 9.15. The fourth-order valence-corrected chi connectivity index (χ4v) is 2.90. The third kappa shape index (κ3) is 7.08. The van der Waals surface area contributed by atoms with E-state index in [9.17, 15) is 4.79 Å². The standard InChI is InChI=1S/C19H30N4O3.HI/c1-5-20-19(22-15-8-10-18(24)23(3)13-15)21-12-14-7-9-16(25-4)17(11-14)26-6-2;/h7,9,11,15H,5-6,8,10,12-13H2,1-4H3,(H2,20,21,22);1H. The summed E-state index contributed by atoms with van der Waals surface area (Å²) in [6.07, 6.45) is 1.40. The number of likely N-dealkylation sites (N-methyl/N-ethyl adjacent to an activating group) is 1. The number of piperidine rings is 1. The number of hydrogen-bond donors (Lipinski definition) is 2. The van der Waals surface area contributed by atoms with Gasteiger partial charge in [0.15, 0.2) is 17.5 Å². The first-order valence-electron chi connectivity index (χ1n) is 9.15. The molecule has 1 atom stereocenters. The van der Waals surface area contributed by atoms with Crippen LogP contribution in [0.5, 0.6) is 11.5 Å². The molecule has 1 unspecified atom stereocenters. The zero-order valence-corrected chi connectivity index (χ0v) is 18.9. The van der Waals surface area contributed by atoms with Crippen molar-refractivity contribution in [3.8, 4) is 11.5 Å². The zero-order valence-electron chi connectivity index (χ0n) is 16.6. The Morgan fingerprint density at radius 3 is 2.74 bits per heavy atom. The smallest absolute Gasteiger partial charge is 0.222 e. The molecule has 0 radical (unpaired) electrons. The maximum absolute atomic E-state index is 11.6. The van der Waals surface area contributed by atoms with Crippen molar-refractivity contribution in [3.05, 3.63) is 23.8 Å². The highest BCUT2D eigenvalue weighted by Crippen LogP contribution is 2.28. The van der Waals surface area contributed by atoms with Gasteiger partial charge in [-0.3, -0.25) is 4.79 Å². The summed E-state index contributed by atoms with van der Waals surface area (Å²) >= 11 is 0. The summed E-state index contributed by atoms with van der Waals surface area (Å²) in [5.41, 5.74) is 1.04. The fourth-order valence-electron chi connectivity index (χ4n) is 2.90. The van der Waals surface area contributed by atoms with Gasteiger partial charge in [-0.1, -0.05) is 6.07 Å². The van der Waals surface area contributed by atoms with Gasteiger partial charge >= 0.3 is 0 Å². The van der Waals surface area contributed by atoms with Crippen LogP contribution in [-0.4, -0.2) is 56.7 Å². The van der Waals surface area contributed by atoms with Crippen molar-refractivity contribution in [1.29, 1.82) is 0 Å². The lowest BCUT2D eigenvalue weighted by molar-refractivity contribution is -0.132. The molecular formula is C19H31IN4O3. The van der Waals surface area contributed by atoms with Gasteiger partial charge in [-0.05, 0) is 38.0 Å². The van der Waals surface area contributed by atoms with E-state index in [1.807, 2.05) is 39.1 Å². The topological polar surface area (TPSA) is 75.2 Å². The summed E-state index contributed by atoms with van der Waals surface area (Å²) in [6.45, 7) is 6.57. The molecule has 1 amide bonds. The van der Waals surface area contributed by atoms with E-state index >= 15 is 0 Å². The summed E-state index contributed by atoms with van der Waals surface area (Å²) < 4.78 is 10.9. The van der Waals surface area contributed by atoms with Gasteiger partial charge in [-0.2, -0.15) is 0 Å². The Morgan fingerprint density at radius 2 is 2.11 bits per heavy atom. The van der Waals surface area contributed by atoms with E-state index in [-0.39, 0.29) is 35.9 Å². The molecule has 0 bridgehead atoms. The van der Waals surface area contributed by atoms with Crippen molar-refractivity contribution in [2.45, 2.75) is 39.3 Å². The van der Waals surface area contributed by atoms with Gasteiger partial charge < -0.3 is 25.0 Å². The second-order valence-corrected chi connectivity index (χ2v) is 6.27. The van der Waals surface area contributed by atoms with Crippen molar-refractivity contribution in [3.63, 3.8) is 0 Å². The van der Waals surface area contributed by atoms with Gasteiger partial charge in [0.25, 0.3) is 0 Å². The average molecular weight is 490 g/mol. The maximum atomic E-state index is 11.6. The van der Waals surface area contributed by atoms with Crippen LogP contribution in [0.2, 0.25) is 0 Å². The number of carbonyl (C=O) groups excluding carboxylic acids is 1. The van der Waals surface area contributed by atoms with Gasteiger partial charge in [0.1, 0.15) is 0 Å². The number of nitrogens with one attached hydrogen (secondary N) is 2. The first-order chi connectivity index (χ1) is 12.6. The van der Waals surface area contributed by atoms with E-state index in [2.05, 4.69) is 15.6 Å². The molecule has 27 heavy (non-hydrogen) atoms. The van der Waals surface area contributed by atoms with Gasteiger partial charge in [-0.25, -0.2) is 4.99 Å². The quantitative estimate of drug-likeness (QED) is 0.349. The molecule has 1 fully saturated rings. The van der Waals surface area contributed by atoms with E-state index in [4.69, 9.17) is 9.47 Å². The molecule has 0 aliphatic carbocycles. The molecule has 2 N–H and O–H groups in total. The number of aliphatic imine (C=N–C) groups is 1. The summed E-state index contributed by atoms with van der Waals surface area (Å²) in [6, 6.07) is 6.06. The van der Waals surface area contributed by atoms with Crippen LogP contribution < -0.4 is 20.1 Å². The largest absolute Gasteiger partial charge is 0.493 e. The molecule has 1 saturated heterocycles. The predicted molar refractivity (Wildman–Crippen MR) is 118 cm³/mol. The Balaban J connectivity index is 0.00000364. The molecule has 7 nitrogen and oxygen atoms in total. The van der Waals surface area contributed by atoms with Crippen LogP contribution in [0.4, 0.5) is 0 Å². The van der Waals surface area contributed by atoms with Gasteiger partial charge in [0.05, 0.1) is 20.3 Å². The molecule has 1 heterocycles. The Kier molecular flexibility index (Phi) is 10.3. The van der Waals surface area contributed by atoms with Crippen LogP contribution >= 0.6 is 24.0 Å². The third-order valence-corrected chi connectivity index (χ3v) is 4.26. The molecule has 0 saturated carbocycles. The van der Waals surface area contributed by atoms with Crippen LogP contribution in [0.25, 0.3) is 0 Å². The molecule has 1 aromatic carbocycles. The molecule has 1 aromatic rings. The molecule has 1 aliphatic heterocycles. The first kappa shape index (κ1) is 23.3. The van der Waals surface area contributed by atoms with Crippen molar-refractivity contribution in [2.75, 3.05) is 33.9 Å². The van der Waals surface area contributed by atoms with Crippen molar-refractivity contribution >= 4 is 35.8 Å². The molecular weight excluding hydrogens is 459 g/mol. The predicted octanol–water partition coefficient (Wildman–Crippen LogP) is 2.39. The van der Waals surface area contributed by atoms with E-state index in [1.54, 1.807) is 12.0 Å². The Bertz CT molecular complexity index is 639. The number of carbonyl (C=O) groups is 1. The van der Waals surface area contributed by atoms with Crippen LogP contribution in [0.3, 0.4) is 0 Å². The average Bonchev–Trinajstić information content (AvgIpc) is 2.63. The molecule has 2 rings (SSSR count). The summed E-state index contributed by atoms with van der Waals surface area (Å²) in [5, 5.41) is 6.70. The molecule has 152 valence electrons. The number of methoxy groups -OCH3 is 1. The number of ether oxygens (including phenoxy) is 2. The lowest BCUT2D eigenvalue weighted by atomic mass is 10.1.